The number of oxime groups is 1. The van der Waals surface area contributed by atoms with Crippen molar-refractivity contribution in [2.75, 3.05) is 6.61 Å². The first-order valence-electron chi connectivity index (χ1n) is 6.95. The summed E-state index contributed by atoms with van der Waals surface area (Å²) in [5, 5.41) is 7.63. The van der Waals surface area contributed by atoms with Crippen molar-refractivity contribution in [1.82, 2.24) is 9.78 Å². The SMILES string of the molecule is O=C(OCCn1cccn1)[C@@H]1CC(c2cc(F)ccc2F)=NO1. The summed E-state index contributed by atoms with van der Waals surface area (Å²) in [4.78, 5) is 16.9. The van der Waals surface area contributed by atoms with Gasteiger partial charge in [-0.05, 0) is 24.3 Å². The molecule has 3 rings (SSSR count). The van der Waals surface area contributed by atoms with E-state index in [2.05, 4.69) is 10.3 Å². The summed E-state index contributed by atoms with van der Waals surface area (Å²) in [6.45, 7) is 0.543. The minimum Gasteiger partial charge on any atom is -0.461 e. The van der Waals surface area contributed by atoms with Gasteiger partial charge in [0, 0.05) is 24.4 Å². The molecule has 0 radical (unpaired) electrons. The minimum atomic E-state index is -0.953. The number of hydrogen-bond donors (Lipinski definition) is 0. The van der Waals surface area contributed by atoms with E-state index in [1.807, 2.05) is 0 Å². The van der Waals surface area contributed by atoms with Crippen molar-refractivity contribution in [1.29, 1.82) is 0 Å². The summed E-state index contributed by atoms with van der Waals surface area (Å²) >= 11 is 0. The maximum Gasteiger partial charge on any atom is 0.350 e. The molecule has 23 heavy (non-hydrogen) atoms. The van der Waals surface area contributed by atoms with Crippen molar-refractivity contribution in [2.24, 2.45) is 5.16 Å². The van der Waals surface area contributed by atoms with Crippen LogP contribution in [0.15, 0.2) is 41.8 Å². The lowest BCUT2D eigenvalue weighted by Gasteiger charge is -2.09. The van der Waals surface area contributed by atoms with Crippen LogP contribution in [0.4, 0.5) is 8.78 Å². The molecular formula is C15H13F2N3O3. The van der Waals surface area contributed by atoms with Gasteiger partial charge in [-0.2, -0.15) is 5.10 Å². The van der Waals surface area contributed by atoms with Crippen LogP contribution >= 0.6 is 0 Å². The summed E-state index contributed by atoms with van der Waals surface area (Å²) < 4.78 is 33.6. The van der Waals surface area contributed by atoms with Gasteiger partial charge in [0.2, 0.25) is 6.10 Å². The van der Waals surface area contributed by atoms with E-state index in [4.69, 9.17) is 9.57 Å². The summed E-state index contributed by atoms with van der Waals surface area (Å²) in [5.41, 5.74) is 0.160. The van der Waals surface area contributed by atoms with Gasteiger partial charge in [0.15, 0.2) is 0 Å². The quantitative estimate of drug-likeness (QED) is 0.789. The van der Waals surface area contributed by atoms with E-state index in [1.54, 1.807) is 23.1 Å². The molecule has 120 valence electrons. The van der Waals surface area contributed by atoms with Crippen molar-refractivity contribution < 1.29 is 23.1 Å². The average molecular weight is 321 g/mol. The zero-order chi connectivity index (χ0) is 16.2. The molecule has 1 aliphatic rings. The van der Waals surface area contributed by atoms with Crippen LogP contribution in [0, 0.1) is 11.6 Å². The van der Waals surface area contributed by atoms with Gasteiger partial charge in [0.25, 0.3) is 0 Å². The molecule has 2 aromatic rings. The van der Waals surface area contributed by atoms with Gasteiger partial charge in [0.05, 0.1) is 12.3 Å². The number of aromatic nitrogens is 2. The zero-order valence-electron chi connectivity index (χ0n) is 12.0. The Balaban J connectivity index is 1.54. The first-order chi connectivity index (χ1) is 11.1. The van der Waals surface area contributed by atoms with Crippen molar-refractivity contribution in [3.05, 3.63) is 53.9 Å². The minimum absolute atomic E-state index is 0.0168. The number of hydrogen-bond acceptors (Lipinski definition) is 5. The fraction of sp³-hybridized carbons (Fsp3) is 0.267. The Morgan fingerprint density at radius 2 is 2.30 bits per heavy atom. The normalized spacial score (nSPS) is 16.8. The van der Waals surface area contributed by atoms with Crippen LogP contribution in [0.2, 0.25) is 0 Å². The number of benzene rings is 1. The van der Waals surface area contributed by atoms with E-state index in [0.717, 1.165) is 18.2 Å². The van der Waals surface area contributed by atoms with E-state index < -0.39 is 23.7 Å². The lowest BCUT2D eigenvalue weighted by Crippen LogP contribution is -2.25. The number of ether oxygens (including phenoxy) is 1. The molecule has 1 aliphatic heterocycles. The van der Waals surface area contributed by atoms with E-state index in [1.165, 1.54) is 0 Å². The molecule has 0 saturated carbocycles. The van der Waals surface area contributed by atoms with Crippen LogP contribution in [0.1, 0.15) is 12.0 Å². The van der Waals surface area contributed by atoms with Gasteiger partial charge in [0.1, 0.15) is 18.2 Å². The molecule has 0 N–H and O–H groups in total. The first kappa shape index (κ1) is 15.1. The third kappa shape index (κ3) is 3.53. The Hall–Kier alpha value is -2.77. The number of esters is 1. The van der Waals surface area contributed by atoms with E-state index >= 15 is 0 Å². The molecule has 1 aromatic heterocycles. The van der Waals surface area contributed by atoms with E-state index in [0.29, 0.717) is 6.54 Å². The molecule has 0 spiro atoms. The maximum atomic E-state index is 13.7. The summed E-state index contributed by atoms with van der Waals surface area (Å²) in [6.07, 6.45) is 2.44. The second-order valence-corrected chi connectivity index (χ2v) is 4.90. The number of rotatable bonds is 5. The molecule has 8 heteroatoms. The smallest absolute Gasteiger partial charge is 0.350 e. The average Bonchev–Trinajstić information content (AvgIpc) is 3.21. The van der Waals surface area contributed by atoms with Gasteiger partial charge in [-0.3, -0.25) is 4.68 Å². The lowest BCUT2D eigenvalue weighted by molar-refractivity contribution is -0.155. The Bertz CT molecular complexity index is 732. The third-order valence-electron chi connectivity index (χ3n) is 3.29. The van der Waals surface area contributed by atoms with Gasteiger partial charge in [-0.1, -0.05) is 5.16 Å². The molecule has 0 bridgehead atoms. The van der Waals surface area contributed by atoms with Crippen molar-refractivity contribution in [3.8, 4) is 0 Å². The highest BCUT2D eigenvalue weighted by Crippen LogP contribution is 2.20. The molecule has 0 saturated heterocycles. The summed E-state index contributed by atoms with van der Waals surface area (Å²) in [5.74, 6) is -1.82. The Morgan fingerprint density at radius 1 is 1.43 bits per heavy atom. The van der Waals surface area contributed by atoms with Crippen LogP contribution in [-0.4, -0.2) is 34.2 Å². The highest BCUT2D eigenvalue weighted by molar-refractivity contribution is 6.03. The highest BCUT2D eigenvalue weighted by atomic mass is 19.1. The van der Waals surface area contributed by atoms with Crippen molar-refractivity contribution >= 4 is 11.7 Å². The predicted octanol–water partition coefficient (Wildman–Crippen LogP) is 1.90. The number of carbonyl (C=O) groups is 1. The standard InChI is InChI=1S/C15H13F2N3O3/c16-10-2-3-12(17)11(8-10)13-9-14(23-19-13)15(21)22-7-6-20-5-1-4-18-20/h1-5,8,14H,6-7,9H2/t14-/m0/s1. The van der Waals surface area contributed by atoms with Crippen LogP contribution < -0.4 is 0 Å². The van der Waals surface area contributed by atoms with Crippen LogP contribution in [0.5, 0.6) is 0 Å². The molecule has 0 fully saturated rings. The number of nitrogens with zero attached hydrogens (tertiary/aromatic N) is 3. The largest absolute Gasteiger partial charge is 0.461 e. The van der Waals surface area contributed by atoms with Gasteiger partial charge < -0.3 is 9.57 Å². The maximum absolute atomic E-state index is 13.7. The van der Waals surface area contributed by atoms with Crippen LogP contribution in [-0.2, 0) is 20.9 Å². The van der Waals surface area contributed by atoms with E-state index in [9.17, 15) is 13.6 Å². The molecule has 1 aromatic carbocycles. The van der Waals surface area contributed by atoms with Crippen molar-refractivity contribution in [3.63, 3.8) is 0 Å². The zero-order valence-corrected chi connectivity index (χ0v) is 12.0. The summed E-state index contributed by atoms with van der Waals surface area (Å²) in [6, 6.07) is 4.79. The van der Waals surface area contributed by atoms with E-state index in [-0.39, 0.29) is 24.3 Å². The Labute approximate surface area is 130 Å². The second kappa shape index (κ2) is 6.55. The molecule has 6 nitrogen and oxygen atoms in total. The molecular weight excluding hydrogens is 308 g/mol. The highest BCUT2D eigenvalue weighted by Gasteiger charge is 2.31. The second-order valence-electron chi connectivity index (χ2n) is 4.90. The molecule has 0 aliphatic carbocycles. The predicted molar refractivity (Wildman–Crippen MR) is 75.6 cm³/mol. The topological polar surface area (TPSA) is 65.7 Å². The monoisotopic (exact) mass is 321 g/mol. The molecule has 0 amide bonds. The Kier molecular flexibility index (Phi) is 4.31. The molecule has 0 unspecified atom stereocenters. The fourth-order valence-corrected chi connectivity index (χ4v) is 2.15. The summed E-state index contributed by atoms with van der Waals surface area (Å²) in [7, 11) is 0. The molecule has 2 heterocycles. The Morgan fingerprint density at radius 3 is 3.09 bits per heavy atom. The van der Waals surface area contributed by atoms with Crippen LogP contribution in [0.25, 0.3) is 0 Å². The first-order valence-corrected chi connectivity index (χ1v) is 6.95. The van der Waals surface area contributed by atoms with Crippen LogP contribution in [0.3, 0.4) is 0 Å². The molecule has 1 atom stereocenters. The lowest BCUT2D eigenvalue weighted by atomic mass is 10.0. The number of halogens is 2. The fourth-order valence-electron chi connectivity index (χ4n) is 2.15. The number of carbonyl (C=O) groups excluding carboxylic acids is 1. The third-order valence-corrected chi connectivity index (χ3v) is 3.29. The van der Waals surface area contributed by atoms with Gasteiger partial charge in [-0.25, -0.2) is 13.6 Å². The van der Waals surface area contributed by atoms with Gasteiger partial charge >= 0.3 is 5.97 Å². The van der Waals surface area contributed by atoms with Crippen molar-refractivity contribution in [2.45, 2.75) is 19.1 Å². The van der Waals surface area contributed by atoms with Gasteiger partial charge in [-0.15, -0.1) is 0 Å².